The van der Waals surface area contributed by atoms with Crippen molar-refractivity contribution in [3.05, 3.63) is 41.7 Å². The molecule has 0 bridgehead atoms. The van der Waals surface area contributed by atoms with E-state index in [4.69, 9.17) is 5.73 Å². The number of rotatable bonds is 5. The minimum Gasteiger partial charge on any atom is -0.368 e. The first-order valence-electron chi connectivity index (χ1n) is 5.90. The number of halogens is 1. The number of nitrogens with zero attached hydrogens (tertiary/aromatic N) is 1. The van der Waals surface area contributed by atoms with Crippen LogP contribution in [0.25, 0.3) is 0 Å². The summed E-state index contributed by atoms with van der Waals surface area (Å²) in [6, 6.07) is 4.60. The summed E-state index contributed by atoms with van der Waals surface area (Å²) in [4.78, 5) is 2.15. The second-order valence-electron chi connectivity index (χ2n) is 4.46. The lowest BCUT2D eigenvalue weighted by atomic mass is 10.1. The normalized spacial score (nSPS) is 12.3. The number of likely N-dealkylation sites (N-methyl/N-ethyl adjacent to an activating group) is 1. The molecule has 0 amide bonds. The van der Waals surface area contributed by atoms with Gasteiger partial charge in [-0.2, -0.15) is 0 Å². The zero-order chi connectivity index (χ0) is 13.0. The van der Waals surface area contributed by atoms with Crippen LogP contribution in [-0.2, 0) is 0 Å². The molecule has 1 aromatic carbocycles. The lowest BCUT2D eigenvalue weighted by Gasteiger charge is -2.27. The van der Waals surface area contributed by atoms with Crippen LogP contribution in [0.4, 0.5) is 10.1 Å². The van der Waals surface area contributed by atoms with Gasteiger partial charge in [0.05, 0.1) is 0 Å². The monoisotopic (exact) mass is 236 g/mol. The van der Waals surface area contributed by atoms with Crippen LogP contribution in [0.3, 0.4) is 0 Å². The standard InChI is InChI=1S/C14H21FN2/c1-5-17(9-10(2)3)14-7-6-12(15)8-13(14)11(4)16/h6-8,11H,2,5,9,16H2,1,3-4H3. The topological polar surface area (TPSA) is 29.3 Å². The first kappa shape index (κ1) is 13.7. The quantitative estimate of drug-likeness (QED) is 0.795. The Labute approximate surface area is 103 Å². The minimum absolute atomic E-state index is 0.181. The van der Waals surface area contributed by atoms with E-state index in [0.717, 1.165) is 29.9 Å². The van der Waals surface area contributed by atoms with E-state index in [1.54, 1.807) is 6.07 Å². The molecule has 0 radical (unpaired) electrons. The van der Waals surface area contributed by atoms with Crippen LogP contribution in [-0.4, -0.2) is 13.1 Å². The molecule has 1 rings (SSSR count). The third kappa shape index (κ3) is 3.56. The van der Waals surface area contributed by atoms with Crippen LogP contribution in [0.2, 0.25) is 0 Å². The molecule has 94 valence electrons. The van der Waals surface area contributed by atoms with Gasteiger partial charge in [-0.3, -0.25) is 0 Å². The molecule has 0 aromatic heterocycles. The van der Waals surface area contributed by atoms with Crippen LogP contribution < -0.4 is 10.6 Å². The third-order valence-corrected chi connectivity index (χ3v) is 2.66. The Hall–Kier alpha value is -1.35. The molecule has 0 aliphatic rings. The van der Waals surface area contributed by atoms with Gasteiger partial charge in [0.25, 0.3) is 0 Å². The average Bonchev–Trinajstić information content (AvgIpc) is 2.25. The number of benzene rings is 1. The number of hydrogen-bond donors (Lipinski definition) is 1. The first-order chi connectivity index (χ1) is 7.95. The zero-order valence-electron chi connectivity index (χ0n) is 10.8. The highest BCUT2D eigenvalue weighted by Crippen LogP contribution is 2.26. The predicted octanol–water partition coefficient (Wildman–Crippen LogP) is 3.25. The van der Waals surface area contributed by atoms with Crippen molar-refractivity contribution in [3.8, 4) is 0 Å². The average molecular weight is 236 g/mol. The van der Waals surface area contributed by atoms with Crippen molar-refractivity contribution < 1.29 is 4.39 Å². The van der Waals surface area contributed by atoms with E-state index in [0.29, 0.717) is 0 Å². The maximum absolute atomic E-state index is 13.2. The van der Waals surface area contributed by atoms with E-state index >= 15 is 0 Å². The summed E-state index contributed by atoms with van der Waals surface area (Å²) < 4.78 is 13.2. The molecule has 0 fully saturated rings. The second-order valence-corrected chi connectivity index (χ2v) is 4.46. The molecular weight excluding hydrogens is 215 g/mol. The van der Waals surface area contributed by atoms with E-state index in [2.05, 4.69) is 18.4 Å². The van der Waals surface area contributed by atoms with Gasteiger partial charge in [0, 0.05) is 24.8 Å². The molecule has 2 N–H and O–H groups in total. The first-order valence-corrected chi connectivity index (χ1v) is 5.90. The van der Waals surface area contributed by atoms with Crippen molar-refractivity contribution >= 4 is 5.69 Å². The van der Waals surface area contributed by atoms with Gasteiger partial charge in [0.1, 0.15) is 5.82 Å². The van der Waals surface area contributed by atoms with Gasteiger partial charge in [-0.1, -0.05) is 12.2 Å². The Morgan fingerprint density at radius 2 is 2.18 bits per heavy atom. The smallest absolute Gasteiger partial charge is 0.123 e. The van der Waals surface area contributed by atoms with Crippen LogP contribution in [0.1, 0.15) is 32.4 Å². The van der Waals surface area contributed by atoms with Crippen molar-refractivity contribution in [2.75, 3.05) is 18.0 Å². The lowest BCUT2D eigenvalue weighted by molar-refractivity contribution is 0.621. The number of nitrogens with two attached hydrogens (primary N) is 1. The van der Waals surface area contributed by atoms with Gasteiger partial charge in [0.15, 0.2) is 0 Å². The van der Waals surface area contributed by atoms with Gasteiger partial charge in [-0.15, -0.1) is 0 Å². The Kier molecular flexibility index (Phi) is 4.70. The maximum Gasteiger partial charge on any atom is 0.123 e. The van der Waals surface area contributed by atoms with E-state index < -0.39 is 0 Å². The highest BCUT2D eigenvalue weighted by atomic mass is 19.1. The van der Waals surface area contributed by atoms with Gasteiger partial charge in [-0.05, 0) is 44.5 Å². The van der Waals surface area contributed by atoms with Crippen molar-refractivity contribution in [1.82, 2.24) is 0 Å². The Morgan fingerprint density at radius 1 is 1.53 bits per heavy atom. The fourth-order valence-electron chi connectivity index (χ4n) is 1.87. The lowest BCUT2D eigenvalue weighted by Crippen LogP contribution is -2.26. The van der Waals surface area contributed by atoms with Crippen LogP contribution in [0, 0.1) is 5.82 Å². The van der Waals surface area contributed by atoms with E-state index in [-0.39, 0.29) is 11.9 Å². The molecule has 0 heterocycles. The summed E-state index contributed by atoms with van der Waals surface area (Å²) >= 11 is 0. The molecule has 3 heteroatoms. The number of anilines is 1. The summed E-state index contributed by atoms with van der Waals surface area (Å²) in [5.74, 6) is -0.243. The molecule has 2 nitrogen and oxygen atoms in total. The zero-order valence-corrected chi connectivity index (χ0v) is 10.8. The summed E-state index contributed by atoms with van der Waals surface area (Å²) in [5.41, 5.74) is 8.80. The maximum atomic E-state index is 13.2. The van der Waals surface area contributed by atoms with Crippen LogP contribution in [0.15, 0.2) is 30.4 Å². The Morgan fingerprint density at radius 3 is 2.65 bits per heavy atom. The molecular formula is C14H21FN2. The summed E-state index contributed by atoms with van der Waals surface area (Å²) in [6.45, 7) is 11.4. The SMILES string of the molecule is C=C(C)CN(CC)c1ccc(F)cc1C(C)N. The van der Waals surface area contributed by atoms with Gasteiger partial charge in [-0.25, -0.2) is 4.39 Å². The van der Waals surface area contributed by atoms with Crippen molar-refractivity contribution in [3.63, 3.8) is 0 Å². The van der Waals surface area contributed by atoms with Gasteiger partial charge >= 0.3 is 0 Å². The largest absolute Gasteiger partial charge is 0.368 e. The highest BCUT2D eigenvalue weighted by molar-refractivity contribution is 5.55. The molecule has 0 saturated heterocycles. The minimum atomic E-state index is -0.243. The van der Waals surface area contributed by atoms with Crippen molar-refractivity contribution in [1.29, 1.82) is 0 Å². The molecule has 1 unspecified atom stereocenters. The molecule has 0 spiro atoms. The fourth-order valence-corrected chi connectivity index (χ4v) is 1.87. The van der Waals surface area contributed by atoms with Crippen molar-refractivity contribution in [2.24, 2.45) is 5.73 Å². The van der Waals surface area contributed by atoms with Gasteiger partial charge in [0.2, 0.25) is 0 Å². The van der Waals surface area contributed by atoms with Crippen LogP contribution >= 0.6 is 0 Å². The number of hydrogen-bond acceptors (Lipinski definition) is 2. The van der Waals surface area contributed by atoms with E-state index in [1.807, 2.05) is 13.8 Å². The molecule has 0 saturated carbocycles. The van der Waals surface area contributed by atoms with Gasteiger partial charge < -0.3 is 10.6 Å². The summed E-state index contributed by atoms with van der Waals surface area (Å²) in [7, 11) is 0. The molecule has 1 aromatic rings. The molecule has 17 heavy (non-hydrogen) atoms. The third-order valence-electron chi connectivity index (χ3n) is 2.66. The van der Waals surface area contributed by atoms with E-state index in [9.17, 15) is 4.39 Å². The van der Waals surface area contributed by atoms with E-state index in [1.165, 1.54) is 12.1 Å². The predicted molar refractivity (Wildman–Crippen MR) is 71.7 cm³/mol. The highest BCUT2D eigenvalue weighted by Gasteiger charge is 2.13. The Bertz CT molecular complexity index is 399. The summed E-state index contributed by atoms with van der Waals surface area (Å²) in [5, 5.41) is 0. The summed E-state index contributed by atoms with van der Waals surface area (Å²) in [6.07, 6.45) is 0. The second kappa shape index (κ2) is 5.82. The molecule has 1 atom stereocenters. The van der Waals surface area contributed by atoms with Crippen molar-refractivity contribution in [2.45, 2.75) is 26.8 Å². The fraction of sp³-hybridized carbons (Fsp3) is 0.429. The molecule has 0 aliphatic heterocycles. The van der Waals surface area contributed by atoms with Crippen LogP contribution in [0.5, 0.6) is 0 Å². The Balaban J connectivity index is 3.13. The molecule has 0 aliphatic carbocycles.